The van der Waals surface area contributed by atoms with Crippen molar-refractivity contribution in [1.82, 2.24) is 4.90 Å². The van der Waals surface area contributed by atoms with Crippen LogP contribution in [0.25, 0.3) is 0 Å². The lowest BCUT2D eigenvalue weighted by atomic mass is 10.1. The van der Waals surface area contributed by atoms with Crippen LogP contribution in [0.2, 0.25) is 0 Å². The first-order chi connectivity index (χ1) is 13.0. The van der Waals surface area contributed by atoms with Crippen LogP contribution in [-0.4, -0.2) is 50.1 Å². The zero-order valence-corrected chi connectivity index (χ0v) is 17.0. The number of carbonyl (C=O) groups excluding carboxylic acids is 1. The third-order valence-electron chi connectivity index (χ3n) is 5.67. The van der Waals surface area contributed by atoms with Gasteiger partial charge in [0.15, 0.2) is 0 Å². The van der Waals surface area contributed by atoms with E-state index < -0.39 is 0 Å². The number of carbonyl (C=O) groups is 1. The van der Waals surface area contributed by atoms with Gasteiger partial charge in [0, 0.05) is 44.1 Å². The van der Waals surface area contributed by atoms with E-state index in [9.17, 15) is 4.79 Å². The molecule has 27 heavy (non-hydrogen) atoms. The summed E-state index contributed by atoms with van der Waals surface area (Å²) in [5.41, 5.74) is 6.20. The number of likely N-dealkylation sites (N-methyl/N-ethyl adjacent to an activating group) is 1. The molecule has 0 bridgehead atoms. The quantitative estimate of drug-likeness (QED) is 0.807. The van der Waals surface area contributed by atoms with Gasteiger partial charge >= 0.3 is 0 Å². The molecule has 1 aliphatic rings. The molecule has 0 radical (unpaired) electrons. The van der Waals surface area contributed by atoms with Crippen LogP contribution in [0.3, 0.4) is 0 Å². The van der Waals surface area contributed by atoms with Crippen LogP contribution in [0.5, 0.6) is 0 Å². The highest BCUT2D eigenvalue weighted by molar-refractivity contribution is 5.95. The lowest BCUT2D eigenvalue weighted by Crippen LogP contribution is -2.50. The summed E-state index contributed by atoms with van der Waals surface area (Å²) in [5, 5.41) is 0. The van der Waals surface area contributed by atoms with Gasteiger partial charge in [-0.15, -0.1) is 0 Å². The molecular formula is C23H31N3O. The van der Waals surface area contributed by atoms with Crippen LogP contribution >= 0.6 is 0 Å². The molecule has 3 rings (SSSR count). The summed E-state index contributed by atoms with van der Waals surface area (Å²) in [6.45, 7) is 13.4. The molecule has 0 aromatic heterocycles. The van der Waals surface area contributed by atoms with Crippen molar-refractivity contribution < 1.29 is 4.79 Å². The molecule has 0 aliphatic carbocycles. The lowest BCUT2D eigenvalue weighted by molar-refractivity contribution is -0.119. The minimum absolute atomic E-state index is 0.187. The van der Waals surface area contributed by atoms with Crippen LogP contribution in [0.1, 0.15) is 23.6 Å². The predicted molar refractivity (Wildman–Crippen MR) is 114 cm³/mol. The third kappa shape index (κ3) is 4.33. The summed E-state index contributed by atoms with van der Waals surface area (Å²) in [6.07, 6.45) is 0. The van der Waals surface area contributed by atoms with Crippen molar-refractivity contribution in [3.8, 4) is 0 Å². The van der Waals surface area contributed by atoms with Gasteiger partial charge in [-0.25, -0.2) is 0 Å². The van der Waals surface area contributed by atoms with Crippen molar-refractivity contribution in [3.63, 3.8) is 0 Å². The first kappa shape index (κ1) is 19.4. The van der Waals surface area contributed by atoms with E-state index in [0.29, 0.717) is 13.1 Å². The van der Waals surface area contributed by atoms with Gasteiger partial charge in [0.2, 0.25) is 5.91 Å². The molecule has 1 fully saturated rings. The zero-order chi connectivity index (χ0) is 19.4. The Balaban J connectivity index is 1.61. The number of hydrogen-bond donors (Lipinski definition) is 0. The normalized spacial score (nSPS) is 15.0. The van der Waals surface area contributed by atoms with E-state index in [1.54, 1.807) is 0 Å². The maximum Gasteiger partial charge on any atom is 0.241 e. The summed E-state index contributed by atoms with van der Waals surface area (Å²) in [4.78, 5) is 19.6. The van der Waals surface area contributed by atoms with E-state index in [0.717, 1.165) is 37.4 Å². The minimum atomic E-state index is 0.187. The molecule has 2 aromatic carbocycles. The largest absolute Gasteiger partial charge is 0.369 e. The first-order valence-electron chi connectivity index (χ1n) is 9.90. The molecule has 0 unspecified atom stereocenters. The average molecular weight is 366 g/mol. The molecule has 4 heteroatoms. The molecular weight excluding hydrogens is 334 g/mol. The maximum atomic E-state index is 12.9. The Morgan fingerprint density at radius 3 is 2.26 bits per heavy atom. The molecule has 0 N–H and O–H groups in total. The van der Waals surface area contributed by atoms with E-state index in [4.69, 9.17) is 0 Å². The van der Waals surface area contributed by atoms with Gasteiger partial charge in [-0.05, 0) is 56.5 Å². The van der Waals surface area contributed by atoms with Crippen molar-refractivity contribution in [3.05, 3.63) is 59.2 Å². The fourth-order valence-corrected chi connectivity index (χ4v) is 3.85. The molecule has 144 valence electrons. The lowest BCUT2D eigenvalue weighted by Gasteiger charge is -2.37. The fraction of sp³-hybridized carbons (Fsp3) is 0.435. The Labute approximate surface area is 163 Å². The minimum Gasteiger partial charge on any atom is -0.369 e. The standard InChI is InChI=1S/C23H31N3O/c1-5-26(21-11-7-6-9-19(21)3)23(27)17-24-13-15-25(16-14-24)22-12-8-10-18(2)20(22)4/h6-12H,5,13-17H2,1-4H3. The number of nitrogens with zero attached hydrogens (tertiary/aromatic N) is 3. The van der Waals surface area contributed by atoms with Crippen LogP contribution in [0, 0.1) is 20.8 Å². The number of rotatable bonds is 5. The first-order valence-corrected chi connectivity index (χ1v) is 9.90. The van der Waals surface area contributed by atoms with Crippen LogP contribution in [0.4, 0.5) is 11.4 Å². The van der Waals surface area contributed by atoms with Crippen molar-refractivity contribution in [1.29, 1.82) is 0 Å². The molecule has 0 atom stereocenters. The van der Waals surface area contributed by atoms with E-state index in [1.165, 1.54) is 16.8 Å². The molecule has 1 heterocycles. The number of para-hydroxylation sites is 1. The van der Waals surface area contributed by atoms with E-state index in [1.807, 2.05) is 30.0 Å². The zero-order valence-electron chi connectivity index (χ0n) is 17.0. The Morgan fingerprint density at radius 2 is 1.59 bits per heavy atom. The third-order valence-corrected chi connectivity index (χ3v) is 5.67. The van der Waals surface area contributed by atoms with Gasteiger partial charge in [-0.2, -0.15) is 0 Å². The Kier molecular flexibility index (Phi) is 6.17. The average Bonchev–Trinajstić information content (AvgIpc) is 2.67. The molecule has 1 aliphatic heterocycles. The number of benzene rings is 2. The van der Waals surface area contributed by atoms with Gasteiger partial charge in [0.05, 0.1) is 6.54 Å². The summed E-state index contributed by atoms with van der Waals surface area (Å²) in [5.74, 6) is 0.187. The summed E-state index contributed by atoms with van der Waals surface area (Å²) < 4.78 is 0. The van der Waals surface area contributed by atoms with Crippen molar-refractivity contribution in [2.24, 2.45) is 0 Å². The second-order valence-corrected chi connectivity index (χ2v) is 7.41. The fourth-order valence-electron chi connectivity index (χ4n) is 3.85. The molecule has 4 nitrogen and oxygen atoms in total. The predicted octanol–water partition coefficient (Wildman–Crippen LogP) is 3.79. The SMILES string of the molecule is CCN(C(=O)CN1CCN(c2cccc(C)c2C)CC1)c1ccccc1C. The van der Waals surface area contributed by atoms with Gasteiger partial charge < -0.3 is 9.80 Å². The summed E-state index contributed by atoms with van der Waals surface area (Å²) in [6, 6.07) is 14.6. The highest BCUT2D eigenvalue weighted by Gasteiger charge is 2.23. The monoisotopic (exact) mass is 365 g/mol. The summed E-state index contributed by atoms with van der Waals surface area (Å²) >= 11 is 0. The van der Waals surface area contributed by atoms with E-state index >= 15 is 0 Å². The Bertz CT molecular complexity index is 794. The number of aryl methyl sites for hydroxylation is 2. The van der Waals surface area contributed by atoms with Crippen LogP contribution in [0.15, 0.2) is 42.5 Å². The van der Waals surface area contributed by atoms with Crippen molar-refractivity contribution >= 4 is 17.3 Å². The molecule has 0 spiro atoms. The van der Waals surface area contributed by atoms with Crippen LogP contribution in [-0.2, 0) is 4.79 Å². The second kappa shape index (κ2) is 8.57. The smallest absolute Gasteiger partial charge is 0.241 e. The number of anilines is 2. The topological polar surface area (TPSA) is 26.8 Å². The highest BCUT2D eigenvalue weighted by atomic mass is 16.2. The van der Waals surface area contributed by atoms with Crippen molar-refractivity contribution in [2.75, 3.05) is 49.1 Å². The number of amides is 1. The molecule has 0 saturated carbocycles. The van der Waals surface area contributed by atoms with Gasteiger partial charge in [0.25, 0.3) is 0 Å². The van der Waals surface area contributed by atoms with Crippen molar-refractivity contribution in [2.45, 2.75) is 27.7 Å². The van der Waals surface area contributed by atoms with E-state index in [2.05, 4.69) is 54.8 Å². The van der Waals surface area contributed by atoms with E-state index in [-0.39, 0.29) is 5.91 Å². The Hall–Kier alpha value is -2.33. The number of piperazine rings is 1. The number of hydrogen-bond acceptors (Lipinski definition) is 3. The maximum absolute atomic E-state index is 12.9. The molecule has 1 amide bonds. The summed E-state index contributed by atoms with van der Waals surface area (Å²) in [7, 11) is 0. The molecule has 2 aromatic rings. The van der Waals surface area contributed by atoms with Gasteiger partial charge in [-0.3, -0.25) is 9.69 Å². The highest BCUT2D eigenvalue weighted by Crippen LogP contribution is 2.24. The Morgan fingerprint density at radius 1 is 0.926 bits per heavy atom. The van der Waals surface area contributed by atoms with Gasteiger partial charge in [-0.1, -0.05) is 30.3 Å². The van der Waals surface area contributed by atoms with Gasteiger partial charge in [0.1, 0.15) is 0 Å². The second-order valence-electron chi connectivity index (χ2n) is 7.41. The van der Waals surface area contributed by atoms with Crippen LogP contribution < -0.4 is 9.80 Å². The molecule has 1 saturated heterocycles.